The average Bonchev–Trinajstić information content (AvgIpc) is 2.90. The molecule has 2 saturated heterocycles. The van der Waals surface area contributed by atoms with Crippen LogP contribution in [-0.4, -0.2) is 78.0 Å². The van der Waals surface area contributed by atoms with Crippen molar-refractivity contribution in [2.75, 3.05) is 56.2 Å². The molecule has 2 aliphatic heterocycles. The van der Waals surface area contributed by atoms with Crippen LogP contribution in [0.5, 0.6) is 5.75 Å². The molecule has 2 fully saturated rings. The van der Waals surface area contributed by atoms with E-state index >= 15 is 0 Å². The molecule has 2 aliphatic rings. The number of nitrogens with zero attached hydrogens (tertiary/aromatic N) is 4. The number of carbonyl (C=O) groups is 1. The summed E-state index contributed by atoms with van der Waals surface area (Å²) in [5.41, 5.74) is 6.65. The van der Waals surface area contributed by atoms with E-state index in [9.17, 15) is 9.90 Å². The molecule has 1 amide bonds. The van der Waals surface area contributed by atoms with Crippen LogP contribution >= 0.6 is 0 Å². The van der Waals surface area contributed by atoms with E-state index in [0.717, 1.165) is 76.1 Å². The van der Waals surface area contributed by atoms with E-state index in [1.165, 1.54) is 6.42 Å². The summed E-state index contributed by atoms with van der Waals surface area (Å²) in [5.74, 6) is 1.31. The fourth-order valence-electron chi connectivity index (χ4n) is 4.60. The van der Waals surface area contributed by atoms with Gasteiger partial charge in [-0.15, -0.1) is 0 Å². The second-order valence-corrected chi connectivity index (χ2v) is 9.15. The number of benzene rings is 1. The number of aromatic nitrogens is 2. The average molecular weight is 482 g/mol. The van der Waals surface area contributed by atoms with Crippen molar-refractivity contribution in [2.45, 2.75) is 32.1 Å². The number of nitrogens with one attached hydrogen (secondary N) is 2. The van der Waals surface area contributed by atoms with Crippen LogP contribution in [0.4, 0.5) is 17.5 Å². The quantitative estimate of drug-likeness (QED) is 0.379. The van der Waals surface area contributed by atoms with E-state index in [0.29, 0.717) is 24.3 Å². The van der Waals surface area contributed by atoms with Gasteiger partial charge in [-0.1, -0.05) is 0 Å². The Bertz CT molecular complexity index is 1000. The maximum Gasteiger partial charge on any atom is 0.254 e. The maximum atomic E-state index is 12.2. The van der Waals surface area contributed by atoms with Gasteiger partial charge in [-0.25, -0.2) is 4.98 Å². The Kier molecular flexibility index (Phi) is 8.49. The van der Waals surface area contributed by atoms with Gasteiger partial charge in [0.1, 0.15) is 29.4 Å². The summed E-state index contributed by atoms with van der Waals surface area (Å²) in [4.78, 5) is 25.6. The lowest BCUT2D eigenvalue weighted by molar-refractivity contribution is 0.100. The Morgan fingerprint density at radius 2 is 1.86 bits per heavy atom. The van der Waals surface area contributed by atoms with E-state index in [1.807, 2.05) is 24.3 Å². The summed E-state index contributed by atoms with van der Waals surface area (Å²) in [6.07, 6.45) is 6.41. The largest absolute Gasteiger partial charge is 0.492 e. The van der Waals surface area contributed by atoms with Crippen LogP contribution in [0.25, 0.3) is 0 Å². The minimum absolute atomic E-state index is 0.103. The molecule has 0 bridgehead atoms. The Hall–Kier alpha value is -3.24. The first-order valence-electron chi connectivity index (χ1n) is 12.4. The number of anilines is 3. The second kappa shape index (κ2) is 11.9. The third-order valence-electron chi connectivity index (χ3n) is 6.71. The zero-order valence-corrected chi connectivity index (χ0v) is 20.1. The fourth-order valence-corrected chi connectivity index (χ4v) is 4.60. The van der Waals surface area contributed by atoms with Crippen molar-refractivity contribution in [2.24, 2.45) is 11.7 Å². The van der Waals surface area contributed by atoms with Crippen LogP contribution in [0.3, 0.4) is 0 Å². The monoisotopic (exact) mass is 481 g/mol. The molecule has 1 aromatic heterocycles. The summed E-state index contributed by atoms with van der Waals surface area (Å²) in [6, 6.07) is 7.46. The van der Waals surface area contributed by atoms with Crippen LogP contribution in [-0.2, 0) is 0 Å². The fraction of sp³-hybridized carbons (Fsp3) is 0.520. The number of aliphatic hydroxyl groups is 1. The lowest BCUT2D eigenvalue weighted by Gasteiger charge is -2.30. The summed E-state index contributed by atoms with van der Waals surface area (Å²) in [6.45, 7) is 5.41. The molecule has 3 heterocycles. The van der Waals surface area contributed by atoms with Gasteiger partial charge < -0.3 is 31.2 Å². The van der Waals surface area contributed by atoms with Gasteiger partial charge in [0, 0.05) is 38.1 Å². The molecule has 0 radical (unpaired) electrons. The van der Waals surface area contributed by atoms with Crippen molar-refractivity contribution < 1.29 is 14.6 Å². The standard InChI is InChI=1S/C25H35N7O3/c26-16-21-22(23(27)34)24(30-25(29-21)32-10-2-1-3-11-32)28-19-4-6-20(7-5-19)35-15-14-31-12-8-18(17-33)9-13-31/h4-7,16,18,26,33H,1-3,8-15,17H2,(H2,27,34)(H,28,29,30). The van der Waals surface area contributed by atoms with E-state index in [-0.39, 0.29) is 17.9 Å². The summed E-state index contributed by atoms with van der Waals surface area (Å²) >= 11 is 0. The molecule has 0 unspecified atom stereocenters. The Morgan fingerprint density at radius 1 is 1.14 bits per heavy atom. The van der Waals surface area contributed by atoms with E-state index in [4.69, 9.17) is 15.9 Å². The highest BCUT2D eigenvalue weighted by Gasteiger charge is 2.22. The molecule has 2 aromatic rings. The minimum Gasteiger partial charge on any atom is -0.492 e. The number of primary amides is 1. The molecular formula is C25H35N7O3. The van der Waals surface area contributed by atoms with Crippen molar-refractivity contribution in [3.05, 3.63) is 35.5 Å². The van der Waals surface area contributed by atoms with Crippen molar-refractivity contribution in [1.29, 1.82) is 5.41 Å². The molecule has 10 heteroatoms. The van der Waals surface area contributed by atoms with Crippen molar-refractivity contribution in [3.8, 4) is 5.75 Å². The number of hydrogen-bond acceptors (Lipinski definition) is 9. The smallest absolute Gasteiger partial charge is 0.254 e. The third-order valence-corrected chi connectivity index (χ3v) is 6.71. The predicted molar refractivity (Wildman–Crippen MR) is 136 cm³/mol. The molecule has 0 saturated carbocycles. The zero-order chi connectivity index (χ0) is 24.6. The summed E-state index contributed by atoms with van der Waals surface area (Å²) < 4.78 is 5.91. The zero-order valence-electron chi connectivity index (χ0n) is 20.1. The first kappa shape index (κ1) is 24.9. The number of ether oxygens (including phenoxy) is 1. The second-order valence-electron chi connectivity index (χ2n) is 9.15. The molecule has 4 rings (SSSR count). The Morgan fingerprint density at radius 3 is 2.49 bits per heavy atom. The SMILES string of the molecule is N=Cc1nc(N2CCCCC2)nc(Nc2ccc(OCCN3CCC(CO)CC3)cc2)c1C(N)=O. The lowest BCUT2D eigenvalue weighted by Crippen LogP contribution is -2.37. The van der Waals surface area contributed by atoms with Crippen LogP contribution in [0.2, 0.25) is 0 Å². The molecule has 1 aromatic carbocycles. The van der Waals surface area contributed by atoms with Crippen LogP contribution in [0.15, 0.2) is 24.3 Å². The predicted octanol–water partition coefficient (Wildman–Crippen LogP) is 2.39. The normalized spacial score (nSPS) is 17.2. The van der Waals surface area contributed by atoms with E-state index in [1.54, 1.807) is 0 Å². The Balaban J connectivity index is 1.40. The van der Waals surface area contributed by atoms with Gasteiger partial charge in [0.25, 0.3) is 5.91 Å². The van der Waals surface area contributed by atoms with Crippen LogP contribution in [0.1, 0.15) is 48.2 Å². The van der Waals surface area contributed by atoms with Gasteiger partial charge in [0.05, 0.1) is 0 Å². The van der Waals surface area contributed by atoms with Crippen molar-refractivity contribution in [1.82, 2.24) is 14.9 Å². The summed E-state index contributed by atoms with van der Waals surface area (Å²) in [7, 11) is 0. The maximum absolute atomic E-state index is 12.2. The first-order valence-corrected chi connectivity index (χ1v) is 12.4. The van der Waals surface area contributed by atoms with Gasteiger partial charge in [-0.05, 0) is 75.4 Å². The molecule has 0 atom stereocenters. The number of likely N-dealkylation sites (tertiary alicyclic amines) is 1. The van der Waals surface area contributed by atoms with Gasteiger partial charge in [-0.3, -0.25) is 9.69 Å². The van der Waals surface area contributed by atoms with E-state index < -0.39 is 5.91 Å². The van der Waals surface area contributed by atoms with Crippen molar-refractivity contribution >= 4 is 29.6 Å². The summed E-state index contributed by atoms with van der Waals surface area (Å²) in [5, 5.41) is 20.2. The first-order chi connectivity index (χ1) is 17.1. The minimum atomic E-state index is -0.681. The molecule has 10 nitrogen and oxygen atoms in total. The highest BCUT2D eigenvalue weighted by molar-refractivity contribution is 6.04. The number of nitrogens with two attached hydrogens (primary N) is 1. The number of rotatable bonds is 10. The molecule has 0 spiro atoms. The number of amides is 1. The molecule has 5 N–H and O–H groups in total. The highest BCUT2D eigenvalue weighted by Crippen LogP contribution is 2.26. The van der Waals surface area contributed by atoms with Gasteiger partial charge in [-0.2, -0.15) is 4.98 Å². The van der Waals surface area contributed by atoms with Crippen molar-refractivity contribution in [3.63, 3.8) is 0 Å². The van der Waals surface area contributed by atoms with E-state index in [2.05, 4.69) is 25.1 Å². The van der Waals surface area contributed by atoms with Gasteiger partial charge in [0.2, 0.25) is 5.95 Å². The topological polar surface area (TPSA) is 141 Å². The number of piperidine rings is 2. The number of aliphatic hydroxyl groups excluding tert-OH is 1. The molecular weight excluding hydrogens is 446 g/mol. The third kappa shape index (κ3) is 6.46. The molecule has 35 heavy (non-hydrogen) atoms. The van der Waals surface area contributed by atoms with Gasteiger partial charge in [0.15, 0.2) is 0 Å². The number of hydrogen-bond donors (Lipinski definition) is 4. The van der Waals surface area contributed by atoms with Crippen LogP contribution in [0, 0.1) is 11.3 Å². The lowest BCUT2D eigenvalue weighted by atomic mass is 9.98. The molecule has 188 valence electrons. The highest BCUT2D eigenvalue weighted by atomic mass is 16.5. The Labute approximate surface area is 206 Å². The number of carbonyl (C=O) groups excluding carboxylic acids is 1. The van der Waals surface area contributed by atoms with Crippen LogP contribution < -0.4 is 20.7 Å². The molecule has 0 aliphatic carbocycles. The van der Waals surface area contributed by atoms with Gasteiger partial charge >= 0.3 is 0 Å².